The van der Waals surface area contributed by atoms with Gasteiger partial charge in [0.2, 0.25) is 0 Å². The molecule has 7 heteroatoms. The Morgan fingerprint density at radius 2 is 2.48 bits per heavy atom. The molecule has 114 valence electrons. The van der Waals surface area contributed by atoms with Crippen LogP contribution in [0.15, 0.2) is 0 Å². The molecule has 21 heavy (non-hydrogen) atoms. The molecule has 0 aromatic carbocycles. The number of aromatic nitrogens is 1. The highest BCUT2D eigenvalue weighted by Gasteiger charge is 2.25. The van der Waals surface area contributed by atoms with Crippen molar-refractivity contribution in [1.82, 2.24) is 10.3 Å². The Kier molecular flexibility index (Phi) is 5.04. The van der Waals surface area contributed by atoms with Crippen molar-refractivity contribution in [2.45, 2.75) is 38.3 Å². The molecular formula is C14H21N5OS. The second-order valence-corrected chi connectivity index (χ2v) is 6.16. The Morgan fingerprint density at radius 3 is 3.05 bits per heavy atom. The van der Waals surface area contributed by atoms with Crippen molar-refractivity contribution in [1.29, 1.82) is 0 Å². The van der Waals surface area contributed by atoms with E-state index in [1.807, 2.05) is 6.92 Å². The number of amides is 1. The van der Waals surface area contributed by atoms with Crippen LogP contribution in [0.1, 0.15) is 35.9 Å². The Balaban J connectivity index is 2.08. The van der Waals surface area contributed by atoms with Crippen LogP contribution in [0, 0.1) is 12.3 Å². The predicted molar refractivity (Wildman–Crippen MR) is 86.3 cm³/mol. The minimum atomic E-state index is -0.271. The molecule has 5 N–H and O–H groups in total. The fourth-order valence-electron chi connectivity index (χ4n) is 2.29. The normalized spacial score (nSPS) is 19.3. The molecule has 6 nitrogen and oxygen atoms in total. The Morgan fingerprint density at radius 1 is 1.71 bits per heavy atom. The van der Waals surface area contributed by atoms with E-state index in [9.17, 15) is 4.79 Å². The zero-order chi connectivity index (χ0) is 15.4. The molecule has 1 saturated heterocycles. The quantitative estimate of drug-likeness (QED) is 0.699. The zero-order valence-corrected chi connectivity index (χ0v) is 12.9. The van der Waals surface area contributed by atoms with E-state index in [2.05, 4.69) is 21.1 Å². The maximum Gasteiger partial charge on any atom is 0.266 e. The highest BCUT2D eigenvalue weighted by molar-refractivity contribution is 7.18. The van der Waals surface area contributed by atoms with E-state index < -0.39 is 0 Å². The Bertz CT molecular complexity index is 550. The average molecular weight is 307 g/mol. The second-order valence-electron chi connectivity index (χ2n) is 5.19. The third kappa shape index (κ3) is 3.65. The second kappa shape index (κ2) is 6.78. The highest BCUT2D eigenvalue weighted by atomic mass is 32.1. The van der Waals surface area contributed by atoms with E-state index >= 15 is 0 Å². The molecule has 2 heterocycles. The minimum Gasteiger partial charge on any atom is -0.382 e. The molecule has 1 amide bonds. The van der Waals surface area contributed by atoms with E-state index in [1.165, 1.54) is 11.3 Å². The molecule has 0 aliphatic carbocycles. The van der Waals surface area contributed by atoms with E-state index in [-0.39, 0.29) is 23.8 Å². The van der Waals surface area contributed by atoms with Gasteiger partial charge in [0, 0.05) is 19.1 Å². The summed E-state index contributed by atoms with van der Waals surface area (Å²) in [7, 11) is 0. The van der Waals surface area contributed by atoms with Crippen LogP contribution in [0.25, 0.3) is 0 Å². The summed E-state index contributed by atoms with van der Waals surface area (Å²) in [6.07, 6.45) is 7.99. The van der Waals surface area contributed by atoms with Crippen LogP contribution in [0.3, 0.4) is 0 Å². The maximum absolute atomic E-state index is 12.2. The highest BCUT2D eigenvalue weighted by Crippen LogP contribution is 2.30. The molecule has 0 saturated carbocycles. The number of nitrogen functional groups attached to an aromatic ring is 1. The predicted octanol–water partition coefficient (Wildman–Crippen LogP) is 0.794. The number of nitrogens with zero attached hydrogens (tertiary/aromatic N) is 2. The monoisotopic (exact) mass is 307 g/mol. The van der Waals surface area contributed by atoms with Gasteiger partial charge in [-0.05, 0) is 12.8 Å². The molecule has 0 radical (unpaired) electrons. The summed E-state index contributed by atoms with van der Waals surface area (Å²) in [5.41, 5.74) is 11.8. The Hall–Kier alpha value is -1.78. The molecule has 1 aromatic heterocycles. The van der Waals surface area contributed by atoms with E-state index in [0.717, 1.165) is 37.5 Å². The Labute approximate surface area is 128 Å². The number of nitrogens with one attached hydrogen (secondary N) is 1. The molecule has 1 aliphatic rings. The van der Waals surface area contributed by atoms with Crippen LogP contribution < -0.4 is 21.7 Å². The number of rotatable bonds is 5. The van der Waals surface area contributed by atoms with Crippen molar-refractivity contribution in [3.63, 3.8) is 0 Å². The van der Waals surface area contributed by atoms with Gasteiger partial charge in [-0.1, -0.05) is 30.6 Å². The summed E-state index contributed by atoms with van der Waals surface area (Å²) in [4.78, 5) is 19.0. The first kappa shape index (κ1) is 15.6. The van der Waals surface area contributed by atoms with Crippen LogP contribution in [-0.2, 0) is 0 Å². The first-order valence-corrected chi connectivity index (χ1v) is 7.90. The van der Waals surface area contributed by atoms with Crippen LogP contribution in [-0.4, -0.2) is 36.1 Å². The standard InChI is InChI=1S/C14H21N5OS/c1-3-5-10(4-2)17-13(20)11-12(16)18-14(21-11)19-7-6-9(15)8-19/h2,9-10H,3,5-8,15-16H2,1H3,(H,17,20). The lowest BCUT2D eigenvalue weighted by Gasteiger charge is -2.13. The third-order valence-electron chi connectivity index (χ3n) is 3.43. The number of carbonyl (C=O) groups excluding carboxylic acids is 1. The number of anilines is 2. The summed E-state index contributed by atoms with van der Waals surface area (Å²) in [6.45, 7) is 3.61. The first-order valence-electron chi connectivity index (χ1n) is 7.09. The molecule has 2 rings (SSSR count). The van der Waals surface area contributed by atoms with Crippen LogP contribution in [0.5, 0.6) is 0 Å². The van der Waals surface area contributed by atoms with Gasteiger partial charge in [0.05, 0.1) is 6.04 Å². The van der Waals surface area contributed by atoms with Gasteiger partial charge >= 0.3 is 0 Å². The fourth-order valence-corrected chi connectivity index (χ4v) is 3.21. The van der Waals surface area contributed by atoms with Crippen molar-refractivity contribution < 1.29 is 4.79 Å². The molecule has 0 bridgehead atoms. The van der Waals surface area contributed by atoms with Crippen molar-refractivity contribution in [2.75, 3.05) is 23.7 Å². The molecule has 1 aromatic rings. The molecule has 0 spiro atoms. The summed E-state index contributed by atoms with van der Waals surface area (Å²) in [5, 5.41) is 3.56. The summed E-state index contributed by atoms with van der Waals surface area (Å²) < 4.78 is 0. The fraction of sp³-hybridized carbons (Fsp3) is 0.571. The lowest BCUT2D eigenvalue weighted by Crippen LogP contribution is -2.33. The van der Waals surface area contributed by atoms with Gasteiger partial charge in [-0.3, -0.25) is 4.79 Å². The number of carbonyl (C=O) groups is 1. The number of terminal acetylenes is 1. The van der Waals surface area contributed by atoms with Gasteiger partial charge in [0.25, 0.3) is 5.91 Å². The molecule has 2 atom stereocenters. The van der Waals surface area contributed by atoms with E-state index in [0.29, 0.717) is 4.88 Å². The lowest BCUT2D eigenvalue weighted by atomic mass is 10.2. The summed E-state index contributed by atoms with van der Waals surface area (Å²) in [5.74, 6) is 2.57. The zero-order valence-electron chi connectivity index (χ0n) is 12.1. The SMILES string of the molecule is C#CC(CCC)NC(=O)c1sc(N2CCC(N)C2)nc1N. The van der Waals surface area contributed by atoms with Gasteiger partial charge < -0.3 is 21.7 Å². The average Bonchev–Trinajstić information content (AvgIpc) is 3.04. The summed E-state index contributed by atoms with van der Waals surface area (Å²) >= 11 is 1.29. The molecule has 2 unspecified atom stereocenters. The number of hydrogen-bond acceptors (Lipinski definition) is 6. The third-order valence-corrected chi connectivity index (χ3v) is 4.56. The minimum absolute atomic E-state index is 0.155. The van der Waals surface area contributed by atoms with E-state index in [1.54, 1.807) is 0 Å². The largest absolute Gasteiger partial charge is 0.382 e. The topological polar surface area (TPSA) is 97.3 Å². The number of nitrogens with two attached hydrogens (primary N) is 2. The smallest absolute Gasteiger partial charge is 0.266 e. The van der Waals surface area contributed by atoms with Crippen LogP contribution in [0.2, 0.25) is 0 Å². The molecular weight excluding hydrogens is 286 g/mol. The van der Waals surface area contributed by atoms with Crippen LogP contribution in [0.4, 0.5) is 10.9 Å². The molecule has 1 aliphatic heterocycles. The van der Waals surface area contributed by atoms with Gasteiger partial charge in [0.15, 0.2) is 5.13 Å². The summed E-state index contributed by atoms with van der Waals surface area (Å²) in [6, 6.07) is -0.115. The van der Waals surface area contributed by atoms with Crippen molar-refractivity contribution in [3.05, 3.63) is 4.88 Å². The van der Waals surface area contributed by atoms with Crippen molar-refractivity contribution in [3.8, 4) is 12.3 Å². The van der Waals surface area contributed by atoms with Crippen molar-refractivity contribution in [2.24, 2.45) is 5.73 Å². The first-order chi connectivity index (χ1) is 10.0. The van der Waals surface area contributed by atoms with Gasteiger partial charge in [-0.2, -0.15) is 0 Å². The van der Waals surface area contributed by atoms with Gasteiger partial charge in [0.1, 0.15) is 10.7 Å². The number of thiazole rings is 1. The molecule has 1 fully saturated rings. The lowest BCUT2D eigenvalue weighted by molar-refractivity contribution is 0.0949. The van der Waals surface area contributed by atoms with Gasteiger partial charge in [-0.15, -0.1) is 6.42 Å². The number of hydrogen-bond donors (Lipinski definition) is 3. The van der Waals surface area contributed by atoms with E-state index in [4.69, 9.17) is 17.9 Å². The van der Waals surface area contributed by atoms with Crippen molar-refractivity contribution >= 4 is 28.2 Å². The van der Waals surface area contributed by atoms with Gasteiger partial charge in [-0.25, -0.2) is 4.98 Å². The van der Waals surface area contributed by atoms with Crippen LogP contribution >= 0.6 is 11.3 Å². The maximum atomic E-state index is 12.2.